The van der Waals surface area contributed by atoms with Crippen molar-refractivity contribution in [2.75, 3.05) is 32.7 Å². The van der Waals surface area contributed by atoms with E-state index in [1.165, 1.54) is 32.0 Å². The maximum Gasteiger partial charge on any atom is 0.194 e. The second kappa shape index (κ2) is 9.66. The van der Waals surface area contributed by atoms with Gasteiger partial charge in [0.1, 0.15) is 11.6 Å². The molecule has 25 heavy (non-hydrogen) atoms. The van der Waals surface area contributed by atoms with E-state index in [0.29, 0.717) is 11.6 Å². The van der Waals surface area contributed by atoms with Gasteiger partial charge in [-0.2, -0.15) is 0 Å². The highest BCUT2D eigenvalue weighted by Gasteiger charge is 2.30. The topological polar surface area (TPSA) is 30.9 Å². The molecule has 0 aliphatic carbocycles. The normalized spacial score (nSPS) is 21.5. The summed E-state index contributed by atoms with van der Waals surface area (Å²) in [6.07, 6.45) is 3.73. The van der Waals surface area contributed by atoms with Gasteiger partial charge in [0.2, 0.25) is 0 Å². The highest BCUT2D eigenvalue weighted by atomic mass is 127. The third-order valence-electron chi connectivity index (χ3n) is 4.86. The molecule has 2 aliphatic heterocycles. The van der Waals surface area contributed by atoms with E-state index in [9.17, 15) is 8.78 Å². The number of halogens is 3. The van der Waals surface area contributed by atoms with Gasteiger partial charge in [-0.1, -0.05) is 0 Å². The van der Waals surface area contributed by atoms with Crippen molar-refractivity contribution in [1.29, 1.82) is 0 Å². The molecule has 4 nitrogen and oxygen atoms in total. The number of nitrogens with zero attached hydrogens (tertiary/aromatic N) is 3. The van der Waals surface area contributed by atoms with Crippen molar-refractivity contribution in [3.63, 3.8) is 0 Å². The molecular formula is C18H27F2IN4. The van der Waals surface area contributed by atoms with Crippen LogP contribution < -0.4 is 5.32 Å². The summed E-state index contributed by atoms with van der Waals surface area (Å²) in [5.41, 5.74) is 0.292. The predicted octanol–water partition coefficient (Wildman–Crippen LogP) is 3.22. The molecule has 0 bridgehead atoms. The molecule has 0 aromatic heterocycles. The van der Waals surface area contributed by atoms with Crippen molar-refractivity contribution in [3.8, 4) is 0 Å². The summed E-state index contributed by atoms with van der Waals surface area (Å²) in [5.74, 6) is -0.0444. The van der Waals surface area contributed by atoms with E-state index in [0.717, 1.165) is 44.1 Å². The van der Waals surface area contributed by atoms with Crippen LogP contribution >= 0.6 is 24.0 Å². The fourth-order valence-electron chi connectivity index (χ4n) is 3.59. The Hall–Kier alpha value is -0.960. The molecule has 0 saturated carbocycles. The molecule has 2 aliphatic rings. The van der Waals surface area contributed by atoms with Gasteiger partial charge in [0.25, 0.3) is 0 Å². The van der Waals surface area contributed by atoms with Crippen molar-refractivity contribution < 1.29 is 8.78 Å². The SMILES string of the molecule is CCNC(=NCc1cc(F)ccc1F)N1CCC(N2CCCC2)C1.I. The van der Waals surface area contributed by atoms with Gasteiger partial charge < -0.3 is 10.2 Å². The molecule has 140 valence electrons. The molecule has 0 spiro atoms. The van der Waals surface area contributed by atoms with Gasteiger partial charge in [0.15, 0.2) is 5.96 Å². The Morgan fingerprint density at radius 3 is 2.72 bits per heavy atom. The number of guanidine groups is 1. The minimum Gasteiger partial charge on any atom is -0.357 e. The smallest absolute Gasteiger partial charge is 0.194 e. The molecule has 2 saturated heterocycles. The number of likely N-dealkylation sites (tertiary alicyclic amines) is 2. The zero-order chi connectivity index (χ0) is 16.9. The summed E-state index contributed by atoms with van der Waals surface area (Å²) >= 11 is 0. The van der Waals surface area contributed by atoms with Crippen molar-refractivity contribution in [2.45, 2.75) is 38.8 Å². The van der Waals surface area contributed by atoms with E-state index in [4.69, 9.17) is 0 Å². The number of benzene rings is 1. The lowest BCUT2D eigenvalue weighted by molar-refractivity contribution is 0.249. The average molecular weight is 464 g/mol. The third kappa shape index (κ3) is 5.26. The number of rotatable bonds is 4. The second-order valence-corrected chi connectivity index (χ2v) is 6.54. The Labute approximate surface area is 165 Å². The van der Waals surface area contributed by atoms with Crippen LogP contribution in [0.1, 0.15) is 31.7 Å². The fourth-order valence-corrected chi connectivity index (χ4v) is 3.59. The van der Waals surface area contributed by atoms with Gasteiger partial charge in [-0.25, -0.2) is 13.8 Å². The van der Waals surface area contributed by atoms with Crippen molar-refractivity contribution in [2.24, 2.45) is 4.99 Å². The number of nitrogens with one attached hydrogen (secondary N) is 1. The van der Waals surface area contributed by atoms with Crippen LogP contribution in [0.3, 0.4) is 0 Å². The minimum atomic E-state index is -0.429. The number of hydrogen-bond acceptors (Lipinski definition) is 2. The first kappa shape index (κ1) is 20.4. The van der Waals surface area contributed by atoms with Crippen LogP contribution in [0.5, 0.6) is 0 Å². The van der Waals surface area contributed by atoms with Crippen LogP contribution in [-0.4, -0.2) is 54.5 Å². The summed E-state index contributed by atoms with van der Waals surface area (Å²) < 4.78 is 27.1. The average Bonchev–Trinajstić information content (AvgIpc) is 3.25. The zero-order valence-corrected chi connectivity index (χ0v) is 17.0. The molecule has 2 heterocycles. The Morgan fingerprint density at radius 2 is 2.00 bits per heavy atom. The van der Waals surface area contributed by atoms with E-state index >= 15 is 0 Å². The highest BCUT2D eigenvalue weighted by molar-refractivity contribution is 14.0. The molecule has 1 aromatic rings. The minimum absolute atomic E-state index is 0. The van der Waals surface area contributed by atoms with Crippen molar-refractivity contribution >= 4 is 29.9 Å². The van der Waals surface area contributed by atoms with Gasteiger partial charge in [0, 0.05) is 31.2 Å². The zero-order valence-electron chi connectivity index (χ0n) is 14.7. The van der Waals surface area contributed by atoms with Crippen LogP contribution in [0.25, 0.3) is 0 Å². The summed E-state index contributed by atoms with van der Waals surface area (Å²) in [4.78, 5) is 9.34. The highest BCUT2D eigenvalue weighted by Crippen LogP contribution is 2.20. The third-order valence-corrected chi connectivity index (χ3v) is 4.86. The molecule has 0 amide bonds. The maximum absolute atomic E-state index is 13.8. The summed E-state index contributed by atoms with van der Waals surface area (Å²) in [7, 11) is 0. The fraction of sp³-hybridized carbons (Fsp3) is 0.611. The Morgan fingerprint density at radius 1 is 1.24 bits per heavy atom. The standard InChI is InChI=1S/C18H26F2N4.HI/c1-2-21-18(22-12-14-11-15(19)5-6-17(14)20)24-10-7-16(13-24)23-8-3-4-9-23;/h5-6,11,16H,2-4,7-10,12-13H2,1H3,(H,21,22);1H. The van der Waals surface area contributed by atoms with Crippen molar-refractivity contribution in [1.82, 2.24) is 15.1 Å². The number of hydrogen-bond donors (Lipinski definition) is 1. The lowest BCUT2D eigenvalue weighted by atomic mass is 10.2. The molecule has 7 heteroatoms. The molecule has 3 rings (SSSR count). The molecule has 1 unspecified atom stereocenters. The summed E-state index contributed by atoms with van der Waals surface area (Å²) in [6, 6.07) is 4.10. The van der Waals surface area contributed by atoms with Gasteiger partial charge in [-0.15, -0.1) is 24.0 Å². The molecule has 2 fully saturated rings. The summed E-state index contributed by atoms with van der Waals surface area (Å²) in [5, 5.41) is 3.28. The summed E-state index contributed by atoms with van der Waals surface area (Å²) in [6.45, 7) is 7.23. The van der Waals surface area contributed by atoms with Crippen LogP contribution in [0.2, 0.25) is 0 Å². The molecule has 1 atom stereocenters. The largest absolute Gasteiger partial charge is 0.357 e. The molecule has 0 radical (unpaired) electrons. The Bertz CT molecular complexity index is 590. The van der Waals surface area contributed by atoms with E-state index in [2.05, 4.69) is 20.1 Å². The van der Waals surface area contributed by atoms with Crippen LogP contribution in [0.15, 0.2) is 23.2 Å². The van der Waals surface area contributed by atoms with Crippen LogP contribution in [-0.2, 0) is 6.54 Å². The van der Waals surface area contributed by atoms with Crippen LogP contribution in [0.4, 0.5) is 8.78 Å². The molecule has 1 N–H and O–H groups in total. The van der Waals surface area contributed by atoms with E-state index < -0.39 is 11.6 Å². The number of aliphatic imine (C=N–C) groups is 1. The monoisotopic (exact) mass is 464 g/mol. The second-order valence-electron chi connectivity index (χ2n) is 6.54. The first-order valence-corrected chi connectivity index (χ1v) is 8.88. The van der Waals surface area contributed by atoms with Gasteiger partial charge in [-0.05, 0) is 57.5 Å². The lowest BCUT2D eigenvalue weighted by Crippen LogP contribution is -2.42. The quantitative estimate of drug-likeness (QED) is 0.422. The van der Waals surface area contributed by atoms with E-state index in [1.54, 1.807) is 0 Å². The maximum atomic E-state index is 13.8. The van der Waals surface area contributed by atoms with Crippen LogP contribution in [0, 0.1) is 11.6 Å². The van der Waals surface area contributed by atoms with E-state index in [1.807, 2.05) is 6.92 Å². The molecular weight excluding hydrogens is 437 g/mol. The lowest BCUT2D eigenvalue weighted by Gasteiger charge is -2.25. The van der Waals surface area contributed by atoms with Gasteiger partial charge in [0.05, 0.1) is 6.54 Å². The predicted molar refractivity (Wildman–Crippen MR) is 107 cm³/mol. The first-order chi connectivity index (χ1) is 11.7. The van der Waals surface area contributed by atoms with E-state index in [-0.39, 0.29) is 30.5 Å². The Balaban J connectivity index is 0.00000225. The van der Waals surface area contributed by atoms with Gasteiger partial charge in [-0.3, -0.25) is 4.90 Å². The van der Waals surface area contributed by atoms with Crippen molar-refractivity contribution in [3.05, 3.63) is 35.4 Å². The van der Waals surface area contributed by atoms with Gasteiger partial charge >= 0.3 is 0 Å². The Kier molecular flexibility index (Phi) is 7.86. The first-order valence-electron chi connectivity index (χ1n) is 8.88. The molecule has 1 aromatic carbocycles.